The molecule has 70 valence electrons. The summed E-state index contributed by atoms with van der Waals surface area (Å²) in [5, 5.41) is 9.49. The Labute approximate surface area is 86.3 Å². The van der Waals surface area contributed by atoms with Crippen molar-refractivity contribution in [2.75, 3.05) is 18.0 Å². The van der Waals surface area contributed by atoms with Gasteiger partial charge in [-0.05, 0) is 40.9 Å². The Morgan fingerprint density at radius 3 is 2.54 bits per heavy atom. The summed E-state index contributed by atoms with van der Waals surface area (Å²) in [4.78, 5) is 2.30. The smallest absolute Gasteiger partial charge is 0.131 e. The van der Waals surface area contributed by atoms with E-state index in [1.165, 1.54) is 12.8 Å². The standard InChI is InChI=1S/C10H12BrNO/c11-9-4-3-8(7-10(9)13)12-5-1-2-6-12/h3-4,7,13H,1-2,5-6H2. The molecule has 1 aliphatic heterocycles. The van der Waals surface area contributed by atoms with Crippen molar-refractivity contribution in [1.82, 2.24) is 0 Å². The molecular formula is C10H12BrNO. The van der Waals surface area contributed by atoms with E-state index in [-0.39, 0.29) is 0 Å². The minimum Gasteiger partial charge on any atom is -0.507 e. The Kier molecular flexibility index (Phi) is 2.44. The van der Waals surface area contributed by atoms with E-state index >= 15 is 0 Å². The molecule has 2 rings (SSSR count). The molecule has 1 saturated heterocycles. The van der Waals surface area contributed by atoms with Crippen LogP contribution in [-0.4, -0.2) is 18.2 Å². The zero-order valence-corrected chi connectivity index (χ0v) is 8.92. The van der Waals surface area contributed by atoms with Crippen molar-refractivity contribution in [1.29, 1.82) is 0 Å². The number of phenolic OH excluding ortho intramolecular Hbond substituents is 1. The summed E-state index contributed by atoms with van der Waals surface area (Å²) in [6.45, 7) is 2.22. The SMILES string of the molecule is Oc1cc(N2CCCC2)ccc1Br. The molecule has 1 fully saturated rings. The Bertz CT molecular complexity index is 308. The van der Waals surface area contributed by atoms with E-state index in [1.54, 1.807) is 0 Å². The molecule has 1 aliphatic rings. The van der Waals surface area contributed by atoms with Crippen molar-refractivity contribution in [3.63, 3.8) is 0 Å². The van der Waals surface area contributed by atoms with Crippen LogP contribution in [0.2, 0.25) is 0 Å². The van der Waals surface area contributed by atoms with Crippen LogP contribution in [0.25, 0.3) is 0 Å². The van der Waals surface area contributed by atoms with Gasteiger partial charge in [-0.1, -0.05) is 0 Å². The first-order chi connectivity index (χ1) is 6.27. The molecule has 0 radical (unpaired) electrons. The summed E-state index contributed by atoms with van der Waals surface area (Å²) in [6.07, 6.45) is 2.52. The maximum atomic E-state index is 9.49. The summed E-state index contributed by atoms with van der Waals surface area (Å²) < 4.78 is 0.760. The molecule has 2 nitrogen and oxygen atoms in total. The molecule has 0 unspecified atom stereocenters. The number of anilines is 1. The van der Waals surface area contributed by atoms with Gasteiger partial charge in [0.15, 0.2) is 0 Å². The van der Waals surface area contributed by atoms with Crippen LogP contribution in [0.5, 0.6) is 5.75 Å². The number of hydrogen-bond donors (Lipinski definition) is 1. The lowest BCUT2D eigenvalue weighted by Crippen LogP contribution is -2.17. The molecular weight excluding hydrogens is 230 g/mol. The van der Waals surface area contributed by atoms with E-state index < -0.39 is 0 Å². The van der Waals surface area contributed by atoms with E-state index in [4.69, 9.17) is 0 Å². The van der Waals surface area contributed by atoms with Gasteiger partial charge in [-0.2, -0.15) is 0 Å². The Morgan fingerprint density at radius 2 is 1.92 bits per heavy atom. The first-order valence-corrected chi connectivity index (χ1v) is 5.30. The molecule has 0 aromatic heterocycles. The molecule has 1 heterocycles. The largest absolute Gasteiger partial charge is 0.507 e. The minimum atomic E-state index is 0.324. The highest BCUT2D eigenvalue weighted by atomic mass is 79.9. The van der Waals surface area contributed by atoms with Crippen molar-refractivity contribution < 1.29 is 5.11 Å². The van der Waals surface area contributed by atoms with E-state index in [2.05, 4.69) is 20.8 Å². The molecule has 1 N–H and O–H groups in total. The van der Waals surface area contributed by atoms with Crippen LogP contribution in [0.4, 0.5) is 5.69 Å². The number of benzene rings is 1. The van der Waals surface area contributed by atoms with Gasteiger partial charge < -0.3 is 10.0 Å². The van der Waals surface area contributed by atoms with Crippen LogP contribution in [-0.2, 0) is 0 Å². The second-order valence-electron chi connectivity index (χ2n) is 3.33. The minimum absolute atomic E-state index is 0.324. The molecule has 0 amide bonds. The van der Waals surface area contributed by atoms with E-state index in [9.17, 15) is 5.11 Å². The molecule has 3 heteroatoms. The summed E-state index contributed by atoms with van der Waals surface area (Å²) in [6, 6.07) is 5.74. The predicted molar refractivity (Wildman–Crippen MR) is 57.3 cm³/mol. The quantitative estimate of drug-likeness (QED) is 0.818. The monoisotopic (exact) mass is 241 g/mol. The number of halogens is 1. The van der Waals surface area contributed by atoms with E-state index in [0.717, 1.165) is 23.2 Å². The Morgan fingerprint density at radius 1 is 1.23 bits per heavy atom. The van der Waals surface area contributed by atoms with Crippen LogP contribution in [0, 0.1) is 0 Å². The molecule has 13 heavy (non-hydrogen) atoms. The average Bonchev–Trinajstić information content (AvgIpc) is 2.62. The van der Waals surface area contributed by atoms with Crippen molar-refractivity contribution in [3.05, 3.63) is 22.7 Å². The highest BCUT2D eigenvalue weighted by Gasteiger charge is 2.12. The number of aromatic hydroxyl groups is 1. The van der Waals surface area contributed by atoms with Crippen molar-refractivity contribution in [2.45, 2.75) is 12.8 Å². The number of phenols is 1. The third kappa shape index (κ3) is 1.80. The van der Waals surface area contributed by atoms with Gasteiger partial charge in [-0.15, -0.1) is 0 Å². The third-order valence-electron chi connectivity index (χ3n) is 2.40. The fraction of sp³-hybridized carbons (Fsp3) is 0.400. The molecule has 0 bridgehead atoms. The number of nitrogens with zero attached hydrogens (tertiary/aromatic N) is 1. The number of hydrogen-bond acceptors (Lipinski definition) is 2. The van der Waals surface area contributed by atoms with Crippen LogP contribution in [0.15, 0.2) is 22.7 Å². The Balaban J connectivity index is 2.25. The first kappa shape index (κ1) is 8.88. The van der Waals surface area contributed by atoms with Gasteiger partial charge >= 0.3 is 0 Å². The molecule has 0 aliphatic carbocycles. The maximum Gasteiger partial charge on any atom is 0.131 e. The lowest BCUT2D eigenvalue weighted by atomic mass is 10.3. The van der Waals surface area contributed by atoms with Crippen LogP contribution in [0.3, 0.4) is 0 Å². The summed E-state index contributed by atoms with van der Waals surface area (Å²) >= 11 is 3.27. The third-order valence-corrected chi connectivity index (χ3v) is 3.07. The highest BCUT2D eigenvalue weighted by Crippen LogP contribution is 2.30. The van der Waals surface area contributed by atoms with E-state index in [1.807, 2.05) is 18.2 Å². The maximum absolute atomic E-state index is 9.49. The molecule has 0 atom stereocenters. The van der Waals surface area contributed by atoms with Gasteiger partial charge in [0.2, 0.25) is 0 Å². The van der Waals surface area contributed by atoms with Gasteiger partial charge in [0.1, 0.15) is 5.75 Å². The average molecular weight is 242 g/mol. The molecule has 0 saturated carbocycles. The fourth-order valence-corrected chi connectivity index (χ4v) is 1.92. The summed E-state index contributed by atoms with van der Waals surface area (Å²) in [5.41, 5.74) is 1.12. The topological polar surface area (TPSA) is 23.5 Å². The van der Waals surface area contributed by atoms with Crippen molar-refractivity contribution in [3.8, 4) is 5.75 Å². The van der Waals surface area contributed by atoms with Gasteiger partial charge in [-0.3, -0.25) is 0 Å². The molecule has 0 spiro atoms. The Hall–Kier alpha value is -0.700. The fourth-order valence-electron chi connectivity index (χ4n) is 1.67. The molecule has 1 aromatic rings. The van der Waals surface area contributed by atoms with E-state index in [0.29, 0.717) is 5.75 Å². The van der Waals surface area contributed by atoms with Crippen molar-refractivity contribution in [2.24, 2.45) is 0 Å². The summed E-state index contributed by atoms with van der Waals surface area (Å²) in [5.74, 6) is 0.324. The number of rotatable bonds is 1. The van der Waals surface area contributed by atoms with Gasteiger partial charge in [0.25, 0.3) is 0 Å². The zero-order chi connectivity index (χ0) is 9.26. The lowest BCUT2D eigenvalue weighted by Gasteiger charge is -2.17. The van der Waals surface area contributed by atoms with Gasteiger partial charge in [0, 0.05) is 24.8 Å². The first-order valence-electron chi connectivity index (χ1n) is 4.51. The molecule has 1 aromatic carbocycles. The van der Waals surface area contributed by atoms with Gasteiger partial charge in [-0.25, -0.2) is 0 Å². The van der Waals surface area contributed by atoms with Crippen molar-refractivity contribution >= 4 is 21.6 Å². The predicted octanol–water partition coefficient (Wildman–Crippen LogP) is 2.75. The normalized spacial score (nSPS) is 16.5. The van der Waals surface area contributed by atoms with Crippen LogP contribution in [0.1, 0.15) is 12.8 Å². The summed E-state index contributed by atoms with van der Waals surface area (Å²) in [7, 11) is 0. The lowest BCUT2D eigenvalue weighted by molar-refractivity contribution is 0.472. The van der Waals surface area contributed by atoms with Crippen LogP contribution < -0.4 is 4.90 Å². The van der Waals surface area contributed by atoms with Crippen LogP contribution >= 0.6 is 15.9 Å². The second-order valence-corrected chi connectivity index (χ2v) is 4.18. The zero-order valence-electron chi connectivity index (χ0n) is 7.33. The highest BCUT2D eigenvalue weighted by molar-refractivity contribution is 9.10. The van der Waals surface area contributed by atoms with Gasteiger partial charge in [0.05, 0.1) is 4.47 Å². The second kappa shape index (κ2) is 3.58.